The van der Waals surface area contributed by atoms with Gasteiger partial charge in [-0.2, -0.15) is 0 Å². The second-order valence-electron chi connectivity index (χ2n) is 5.53. The van der Waals surface area contributed by atoms with Crippen LogP contribution < -0.4 is 0 Å². The Hall–Kier alpha value is -0.610. The minimum atomic E-state index is -0.954. The molecule has 1 unspecified atom stereocenters. The molecule has 17 heavy (non-hydrogen) atoms. The van der Waals surface area contributed by atoms with Gasteiger partial charge in [0.25, 0.3) is 0 Å². The first-order chi connectivity index (χ1) is 7.83. The number of nitrogens with zero attached hydrogens (tertiary/aromatic N) is 1. The fourth-order valence-electron chi connectivity index (χ4n) is 2.38. The Morgan fingerprint density at radius 3 is 2.65 bits per heavy atom. The van der Waals surface area contributed by atoms with E-state index < -0.39 is 11.0 Å². The highest BCUT2D eigenvalue weighted by Crippen LogP contribution is 2.40. The lowest BCUT2D eigenvalue weighted by Gasteiger charge is -2.40. The third-order valence-corrected chi connectivity index (χ3v) is 3.99. The average Bonchev–Trinajstić information content (AvgIpc) is 2.42. The molecule has 0 spiro atoms. The van der Waals surface area contributed by atoms with Gasteiger partial charge in [0.05, 0.1) is 17.6 Å². The van der Waals surface area contributed by atoms with Gasteiger partial charge in [0.15, 0.2) is 0 Å². The topological polar surface area (TPSA) is 49.8 Å². The molecule has 0 bridgehead atoms. The summed E-state index contributed by atoms with van der Waals surface area (Å²) < 4.78 is 5.08. The number of rotatable bonds is 3. The second-order valence-corrected chi connectivity index (χ2v) is 5.53. The number of likely N-dealkylation sites (tertiary alicyclic amines) is 1. The van der Waals surface area contributed by atoms with E-state index in [1.165, 1.54) is 0 Å². The highest BCUT2D eigenvalue weighted by Gasteiger charge is 2.49. The number of ether oxygens (including phenoxy) is 1. The number of esters is 1. The van der Waals surface area contributed by atoms with Gasteiger partial charge in [0.2, 0.25) is 0 Å². The monoisotopic (exact) mass is 243 g/mol. The molecule has 1 rings (SSSR count). The second kappa shape index (κ2) is 5.36. The van der Waals surface area contributed by atoms with Crippen molar-refractivity contribution in [1.82, 2.24) is 4.90 Å². The molecule has 0 aromatic heterocycles. The van der Waals surface area contributed by atoms with Crippen LogP contribution >= 0.6 is 0 Å². The van der Waals surface area contributed by atoms with E-state index in [1.807, 2.05) is 7.05 Å². The Kier molecular flexibility index (Phi) is 4.55. The van der Waals surface area contributed by atoms with Crippen molar-refractivity contribution in [3.8, 4) is 0 Å². The summed E-state index contributed by atoms with van der Waals surface area (Å²) in [6, 6.07) is 0. The summed E-state index contributed by atoms with van der Waals surface area (Å²) in [5.74, 6) is -0.299. The number of hydrogen-bond acceptors (Lipinski definition) is 4. The minimum absolute atomic E-state index is 0.299. The first kappa shape index (κ1) is 14.5. The first-order valence-electron chi connectivity index (χ1n) is 6.41. The third kappa shape index (κ3) is 2.99. The molecule has 4 nitrogen and oxygen atoms in total. The smallest absolute Gasteiger partial charge is 0.314 e. The van der Waals surface area contributed by atoms with Crippen molar-refractivity contribution in [1.29, 1.82) is 0 Å². The maximum Gasteiger partial charge on any atom is 0.314 e. The van der Waals surface area contributed by atoms with Gasteiger partial charge in [-0.1, -0.05) is 0 Å². The first-order valence-corrected chi connectivity index (χ1v) is 6.41. The number of carbonyl (C=O) groups is 1. The molecule has 0 saturated carbocycles. The van der Waals surface area contributed by atoms with Crippen LogP contribution in [0.1, 0.15) is 40.0 Å². The fraction of sp³-hybridized carbons (Fsp3) is 0.923. The van der Waals surface area contributed by atoms with Crippen LogP contribution in [0.4, 0.5) is 0 Å². The van der Waals surface area contributed by atoms with Gasteiger partial charge in [-0.15, -0.1) is 0 Å². The Morgan fingerprint density at radius 1 is 1.41 bits per heavy atom. The van der Waals surface area contributed by atoms with Gasteiger partial charge < -0.3 is 14.7 Å². The highest BCUT2D eigenvalue weighted by molar-refractivity contribution is 5.77. The van der Waals surface area contributed by atoms with Gasteiger partial charge in [0, 0.05) is 6.54 Å². The van der Waals surface area contributed by atoms with Crippen LogP contribution in [0.3, 0.4) is 0 Å². The predicted octanol–water partition coefficient (Wildman–Crippen LogP) is 1.42. The molecule has 1 saturated heterocycles. The summed E-state index contributed by atoms with van der Waals surface area (Å²) in [5.41, 5.74) is -1.79. The molecule has 1 aliphatic rings. The molecular weight excluding hydrogens is 218 g/mol. The Labute approximate surface area is 104 Å². The predicted molar refractivity (Wildman–Crippen MR) is 66.7 cm³/mol. The van der Waals surface area contributed by atoms with E-state index in [9.17, 15) is 9.90 Å². The van der Waals surface area contributed by atoms with Crippen LogP contribution in [0.5, 0.6) is 0 Å². The van der Waals surface area contributed by atoms with Gasteiger partial charge in [-0.05, 0) is 53.6 Å². The molecule has 1 fully saturated rings. The average molecular weight is 243 g/mol. The van der Waals surface area contributed by atoms with Crippen LogP contribution in [-0.4, -0.2) is 48.3 Å². The van der Waals surface area contributed by atoms with E-state index in [1.54, 1.807) is 20.8 Å². The molecule has 4 heteroatoms. The van der Waals surface area contributed by atoms with E-state index in [0.29, 0.717) is 19.4 Å². The largest absolute Gasteiger partial charge is 0.465 e. The van der Waals surface area contributed by atoms with Gasteiger partial charge >= 0.3 is 5.97 Å². The van der Waals surface area contributed by atoms with Gasteiger partial charge in [0.1, 0.15) is 0 Å². The summed E-state index contributed by atoms with van der Waals surface area (Å²) >= 11 is 0. The summed E-state index contributed by atoms with van der Waals surface area (Å²) in [4.78, 5) is 14.2. The molecule has 0 aromatic carbocycles. The Bertz CT molecular complexity index is 278. The zero-order valence-electron chi connectivity index (χ0n) is 11.5. The lowest BCUT2D eigenvalue weighted by molar-refractivity contribution is -0.172. The maximum absolute atomic E-state index is 12.0. The highest BCUT2D eigenvalue weighted by atomic mass is 16.5. The molecular formula is C13H25NO3. The molecule has 1 aliphatic heterocycles. The van der Waals surface area contributed by atoms with Crippen molar-refractivity contribution in [3.63, 3.8) is 0 Å². The molecule has 0 aromatic rings. The normalized spacial score (nSPS) is 27.6. The molecule has 1 heterocycles. The van der Waals surface area contributed by atoms with E-state index in [0.717, 1.165) is 19.5 Å². The van der Waals surface area contributed by atoms with Crippen LogP contribution in [0.25, 0.3) is 0 Å². The molecule has 0 radical (unpaired) electrons. The molecule has 0 aliphatic carbocycles. The number of aliphatic hydroxyl groups is 1. The molecule has 1 atom stereocenters. The zero-order chi connectivity index (χ0) is 13.1. The van der Waals surface area contributed by atoms with Crippen LogP contribution in [0, 0.1) is 5.41 Å². The van der Waals surface area contributed by atoms with Crippen LogP contribution in [-0.2, 0) is 9.53 Å². The SMILES string of the molecule is CCOC(=O)C(C)(C)C1(O)CCCN(C)CC1. The maximum atomic E-state index is 12.0. The fourth-order valence-corrected chi connectivity index (χ4v) is 2.38. The van der Waals surface area contributed by atoms with E-state index in [4.69, 9.17) is 4.74 Å². The number of hydrogen-bond donors (Lipinski definition) is 1. The van der Waals surface area contributed by atoms with Crippen molar-refractivity contribution in [3.05, 3.63) is 0 Å². The lowest BCUT2D eigenvalue weighted by atomic mass is 9.70. The van der Waals surface area contributed by atoms with Crippen molar-refractivity contribution in [2.75, 3.05) is 26.7 Å². The van der Waals surface area contributed by atoms with Crippen molar-refractivity contribution in [2.45, 2.75) is 45.6 Å². The van der Waals surface area contributed by atoms with Crippen LogP contribution in [0.15, 0.2) is 0 Å². The van der Waals surface area contributed by atoms with Gasteiger partial charge in [-0.25, -0.2) is 0 Å². The van der Waals surface area contributed by atoms with Crippen molar-refractivity contribution >= 4 is 5.97 Å². The van der Waals surface area contributed by atoms with Crippen LogP contribution in [0.2, 0.25) is 0 Å². The van der Waals surface area contributed by atoms with E-state index in [2.05, 4.69) is 4.90 Å². The minimum Gasteiger partial charge on any atom is -0.465 e. The lowest BCUT2D eigenvalue weighted by Crippen LogP contribution is -2.50. The zero-order valence-corrected chi connectivity index (χ0v) is 11.5. The summed E-state index contributed by atoms with van der Waals surface area (Å²) in [6.45, 7) is 7.52. The summed E-state index contributed by atoms with van der Waals surface area (Å²) in [5, 5.41) is 10.8. The summed E-state index contributed by atoms with van der Waals surface area (Å²) in [6.07, 6.45) is 2.19. The third-order valence-electron chi connectivity index (χ3n) is 3.99. The summed E-state index contributed by atoms with van der Waals surface area (Å²) in [7, 11) is 2.04. The molecule has 100 valence electrons. The Balaban J connectivity index is 2.83. The number of carbonyl (C=O) groups excluding carboxylic acids is 1. The quantitative estimate of drug-likeness (QED) is 0.762. The van der Waals surface area contributed by atoms with E-state index >= 15 is 0 Å². The van der Waals surface area contributed by atoms with E-state index in [-0.39, 0.29) is 5.97 Å². The van der Waals surface area contributed by atoms with Crippen molar-refractivity contribution in [2.24, 2.45) is 5.41 Å². The molecule has 1 N–H and O–H groups in total. The van der Waals surface area contributed by atoms with Gasteiger partial charge in [-0.3, -0.25) is 4.79 Å². The standard InChI is InChI=1S/C13H25NO3/c1-5-17-11(15)12(2,3)13(16)7-6-9-14(4)10-8-13/h16H,5-10H2,1-4H3. The molecule has 0 amide bonds. The Morgan fingerprint density at radius 2 is 2.06 bits per heavy atom. The van der Waals surface area contributed by atoms with Crippen molar-refractivity contribution < 1.29 is 14.6 Å².